The van der Waals surface area contributed by atoms with E-state index in [2.05, 4.69) is 5.32 Å². The molecule has 0 spiro atoms. The highest BCUT2D eigenvalue weighted by Gasteiger charge is 2.30. The molecule has 0 bridgehead atoms. The molecule has 0 aliphatic rings. The van der Waals surface area contributed by atoms with E-state index < -0.39 is 26.8 Å². The first-order chi connectivity index (χ1) is 12.9. The molecule has 0 aliphatic heterocycles. The van der Waals surface area contributed by atoms with Crippen LogP contribution in [0.25, 0.3) is 0 Å². The van der Waals surface area contributed by atoms with Gasteiger partial charge in [-0.25, -0.2) is 12.8 Å². The van der Waals surface area contributed by atoms with E-state index in [-0.39, 0.29) is 17.0 Å². The van der Waals surface area contributed by atoms with Crippen LogP contribution in [0.1, 0.15) is 26.0 Å². The van der Waals surface area contributed by atoms with E-state index in [4.69, 9.17) is 0 Å². The van der Waals surface area contributed by atoms with Gasteiger partial charge in [-0.1, -0.05) is 29.8 Å². The molecule has 0 unspecified atom stereocenters. The predicted octanol–water partition coefficient (Wildman–Crippen LogP) is 4.14. The molecule has 140 valence electrons. The summed E-state index contributed by atoms with van der Waals surface area (Å²) < 4.78 is 39.6. The number of amides is 1. The number of aryl methyl sites for hydroxylation is 1. The maximum Gasteiger partial charge on any atom is 0.251 e. The molecular formula is C20H18FNO3S2. The first-order valence-corrected chi connectivity index (χ1v) is 10.7. The zero-order valence-electron chi connectivity index (χ0n) is 14.6. The lowest BCUT2D eigenvalue weighted by molar-refractivity contribution is 0.0953. The van der Waals surface area contributed by atoms with Crippen LogP contribution in [-0.2, 0) is 9.84 Å². The highest BCUT2D eigenvalue weighted by Crippen LogP contribution is 2.31. The first-order valence-electron chi connectivity index (χ1n) is 8.25. The van der Waals surface area contributed by atoms with Crippen LogP contribution in [0.3, 0.4) is 0 Å². The minimum atomic E-state index is -3.71. The van der Waals surface area contributed by atoms with Crippen molar-refractivity contribution in [2.45, 2.75) is 17.1 Å². The Morgan fingerprint density at radius 1 is 1.11 bits per heavy atom. The quantitative estimate of drug-likeness (QED) is 0.673. The summed E-state index contributed by atoms with van der Waals surface area (Å²) in [5, 5.41) is 3.50. The Morgan fingerprint density at radius 3 is 2.48 bits per heavy atom. The van der Waals surface area contributed by atoms with Crippen molar-refractivity contribution >= 4 is 27.1 Å². The lowest BCUT2D eigenvalue weighted by Gasteiger charge is -2.17. The summed E-state index contributed by atoms with van der Waals surface area (Å²) in [6.45, 7) is 1.78. The average molecular weight is 404 g/mol. The Labute approximate surface area is 161 Å². The fourth-order valence-corrected chi connectivity index (χ4v) is 5.43. The van der Waals surface area contributed by atoms with Gasteiger partial charge in [0.05, 0.1) is 4.90 Å². The number of thiophene rings is 1. The van der Waals surface area contributed by atoms with Gasteiger partial charge in [0.15, 0.2) is 9.84 Å². The average Bonchev–Trinajstić information content (AvgIpc) is 3.16. The van der Waals surface area contributed by atoms with Crippen LogP contribution in [-0.4, -0.2) is 20.9 Å². The fourth-order valence-electron chi connectivity index (χ4n) is 2.65. The summed E-state index contributed by atoms with van der Waals surface area (Å²) in [6, 6.07) is 15.4. The monoisotopic (exact) mass is 403 g/mol. The molecule has 0 aliphatic carbocycles. The molecule has 0 saturated carbocycles. The lowest BCUT2D eigenvalue weighted by Crippen LogP contribution is -2.31. The van der Waals surface area contributed by atoms with E-state index >= 15 is 0 Å². The molecule has 7 heteroatoms. The molecule has 0 fully saturated rings. The van der Waals surface area contributed by atoms with Crippen LogP contribution in [0.2, 0.25) is 0 Å². The third kappa shape index (κ3) is 4.43. The van der Waals surface area contributed by atoms with Gasteiger partial charge in [-0.15, -0.1) is 11.3 Å². The molecule has 0 saturated heterocycles. The van der Waals surface area contributed by atoms with Crippen molar-refractivity contribution in [3.05, 3.63) is 87.9 Å². The Hall–Kier alpha value is -2.51. The van der Waals surface area contributed by atoms with Gasteiger partial charge < -0.3 is 5.32 Å². The molecule has 1 amide bonds. The molecule has 4 nitrogen and oxygen atoms in total. The number of rotatable bonds is 6. The third-order valence-electron chi connectivity index (χ3n) is 4.12. The number of hydrogen-bond acceptors (Lipinski definition) is 4. The number of halogens is 1. The summed E-state index contributed by atoms with van der Waals surface area (Å²) in [7, 11) is -3.71. The van der Waals surface area contributed by atoms with Gasteiger partial charge in [-0.3, -0.25) is 4.79 Å². The fraction of sp³-hybridized carbons (Fsp3) is 0.150. The van der Waals surface area contributed by atoms with Crippen molar-refractivity contribution in [2.24, 2.45) is 0 Å². The Bertz CT molecular complexity index is 1030. The maximum absolute atomic E-state index is 13.3. The number of nitrogens with one attached hydrogen (secondary N) is 1. The second-order valence-electron chi connectivity index (χ2n) is 6.08. The lowest BCUT2D eigenvalue weighted by atomic mass is 10.2. The Kier molecular flexibility index (Phi) is 5.72. The molecule has 1 heterocycles. The van der Waals surface area contributed by atoms with Crippen molar-refractivity contribution in [3.63, 3.8) is 0 Å². The van der Waals surface area contributed by atoms with Crippen LogP contribution in [0.4, 0.5) is 4.39 Å². The summed E-state index contributed by atoms with van der Waals surface area (Å²) in [6.07, 6.45) is 0. The number of sulfone groups is 1. The van der Waals surface area contributed by atoms with Crippen molar-refractivity contribution in [3.8, 4) is 0 Å². The highest BCUT2D eigenvalue weighted by molar-refractivity contribution is 7.91. The molecule has 3 aromatic rings. The molecule has 2 aromatic carbocycles. The van der Waals surface area contributed by atoms with Crippen LogP contribution in [0.5, 0.6) is 0 Å². The third-order valence-corrected chi connectivity index (χ3v) is 7.35. The first kappa shape index (κ1) is 19.3. The van der Waals surface area contributed by atoms with Crippen LogP contribution < -0.4 is 5.32 Å². The van der Waals surface area contributed by atoms with Gasteiger partial charge in [-0.2, -0.15) is 0 Å². The molecule has 0 radical (unpaired) electrons. The molecule has 27 heavy (non-hydrogen) atoms. The molecule has 3 rings (SSSR count). The SMILES string of the molecule is Cc1ccc(S(=O)(=O)[C@@H](CNC(=O)c2cccc(F)c2)c2cccs2)cc1. The zero-order valence-corrected chi connectivity index (χ0v) is 16.2. The largest absolute Gasteiger partial charge is 0.350 e. The second kappa shape index (κ2) is 8.02. The van der Waals surface area contributed by atoms with Gasteiger partial charge in [-0.05, 0) is 48.7 Å². The molecular weight excluding hydrogens is 385 g/mol. The second-order valence-corrected chi connectivity index (χ2v) is 9.19. The van der Waals surface area contributed by atoms with Gasteiger partial charge in [0.1, 0.15) is 11.1 Å². The topological polar surface area (TPSA) is 63.2 Å². The van der Waals surface area contributed by atoms with Gasteiger partial charge >= 0.3 is 0 Å². The van der Waals surface area contributed by atoms with E-state index in [9.17, 15) is 17.6 Å². The van der Waals surface area contributed by atoms with Gasteiger partial charge in [0, 0.05) is 17.0 Å². The van der Waals surface area contributed by atoms with Gasteiger partial charge in [0.25, 0.3) is 5.91 Å². The van der Waals surface area contributed by atoms with Crippen molar-refractivity contribution in [1.29, 1.82) is 0 Å². The van der Waals surface area contributed by atoms with Crippen molar-refractivity contribution in [2.75, 3.05) is 6.54 Å². The molecule has 1 atom stereocenters. The minimum Gasteiger partial charge on any atom is -0.350 e. The number of benzene rings is 2. The summed E-state index contributed by atoms with van der Waals surface area (Å²) in [5.41, 5.74) is 1.11. The van der Waals surface area contributed by atoms with Crippen molar-refractivity contribution < 1.29 is 17.6 Å². The van der Waals surface area contributed by atoms with E-state index in [0.29, 0.717) is 4.88 Å². The van der Waals surface area contributed by atoms with E-state index in [0.717, 1.165) is 11.6 Å². The Balaban J connectivity index is 1.86. The Morgan fingerprint density at radius 2 is 1.85 bits per heavy atom. The highest BCUT2D eigenvalue weighted by atomic mass is 32.2. The number of hydrogen-bond donors (Lipinski definition) is 1. The standard InChI is InChI=1S/C20H18FNO3S2/c1-14-7-9-17(10-8-14)27(24,25)19(18-6-3-11-26-18)13-22-20(23)15-4-2-5-16(21)12-15/h2-12,19H,13H2,1H3,(H,22,23)/t19-/m0/s1. The van der Waals surface area contributed by atoms with Crippen LogP contribution >= 0.6 is 11.3 Å². The number of carbonyl (C=O) groups is 1. The minimum absolute atomic E-state index is 0.105. The van der Waals surface area contributed by atoms with Crippen molar-refractivity contribution in [1.82, 2.24) is 5.32 Å². The summed E-state index contributed by atoms with van der Waals surface area (Å²) in [5.74, 6) is -1.04. The van der Waals surface area contributed by atoms with E-state index in [1.165, 1.54) is 29.5 Å². The smallest absolute Gasteiger partial charge is 0.251 e. The molecule has 1 aromatic heterocycles. The normalized spacial score (nSPS) is 12.5. The summed E-state index contributed by atoms with van der Waals surface area (Å²) >= 11 is 1.32. The van der Waals surface area contributed by atoms with E-state index in [1.54, 1.807) is 41.8 Å². The summed E-state index contributed by atoms with van der Waals surface area (Å²) in [4.78, 5) is 13.1. The number of carbonyl (C=O) groups excluding carboxylic acids is 1. The zero-order chi connectivity index (χ0) is 19.4. The van der Waals surface area contributed by atoms with Gasteiger partial charge in [0.2, 0.25) is 0 Å². The van der Waals surface area contributed by atoms with Crippen LogP contribution in [0.15, 0.2) is 70.9 Å². The van der Waals surface area contributed by atoms with E-state index in [1.807, 2.05) is 6.92 Å². The molecule has 1 N–H and O–H groups in total. The predicted molar refractivity (Wildman–Crippen MR) is 104 cm³/mol. The maximum atomic E-state index is 13.3. The van der Waals surface area contributed by atoms with Crippen LogP contribution in [0, 0.1) is 12.7 Å².